The second-order valence-corrected chi connectivity index (χ2v) is 7.88. The van der Waals surface area contributed by atoms with Crippen LogP contribution in [-0.2, 0) is 6.18 Å². The Balaban J connectivity index is 1.73. The number of nitrogens with zero attached hydrogens (tertiary/aromatic N) is 3. The van der Waals surface area contributed by atoms with E-state index in [4.69, 9.17) is 11.6 Å². The maximum atomic E-state index is 13.5. The number of alkyl halides is 3. The van der Waals surface area contributed by atoms with Gasteiger partial charge in [-0.3, -0.25) is 4.98 Å². The number of pyridine rings is 1. The van der Waals surface area contributed by atoms with Gasteiger partial charge >= 0.3 is 6.18 Å². The van der Waals surface area contributed by atoms with Crippen LogP contribution >= 0.6 is 11.6 Å². The highest BCUT2D eigenvalue weighted by Crippen LogP contribution is 2.40. The highest BCUT2D eigenvalue weighted by Gasteiger charge is 2.34. The van der Waals surface area contributed by atoms with Crippen molar-refractivity contribution in [2.45, 2.75) is 44.3 Å². The van der Waals surface area contributed by atoms with Crippen LogP contribution < -0.4 is 10.6 Å². The lowest BCUT2D eigenvalue weighted by atomic mass is 9.96. The van der Waals surface area contributed by atoms with Crippen LogP contribution in [0.1, 0.15) is 37.7 Å². The van der Waals surface area contributed by atoms with Crippen molar-refractivity contribution in [3.63, 3.8) is 0 Å². The van der Waals surface area contributed by atoms with Crippen molar-refractivity contribution in [2.24, 2.45) is 0 Å². The third-order valence-electron chi connectivity index (χ3n) is 5.19. The van der Waals surface area contributed by atoms with Crippen LogP contribution in [-0.4, -0.2) is 21.0 Å². The molecular weight excluding hydrogens is 427 g/mol. The van der Waals surface area contributed by atoms with E-state index in [-0.39, 0.29) is 22.6 Å². The van der Waals surface area contributed by atoms with Crippen LogP contribution in [0.3, 0.4) is 0 Å². The summed E-state index contributed by atoms with van der Waals surface area (Å²) in [6.45, 7) is 0. The van der Waals surface area contributed by atoms with Crippen molar-refractivity contribution >= 4 is 29.1 Å². The van der Waals surface area contributed by atoms with Crippen molar-refractivity contribution in [1.29, 1.82) is 0 Å². The third kappa shape index (κ3) is 5.25. The number of para-hydroxylation sites is 1. The second kappa shape index (κ2) is 9.09. The monoisotopic (exact) mass is 447 g/mol. The number of rotatable bonds is 5. The average molecular weight is 448 g/mol. The number of benzene rings is 1. The first-order valence-electron chi connectivity index (χ1n) is 10.1. The molecule has 1 aliphatic rings. The minimum Gasteiger partial charge on any atom is -0.351 e. The van der Waals surface area contributed by atoms with Gasteiger partial charge in [-0.25, -0.2) is 4.98 Å². The fraction of sp³-hybridized carbons (Fsp3) is 0.318. The molecule has 5 nitrogen and oxygen atoms in total. The number of hydrogen-bond acceptors (Lipinski definition) is 5. The van der Waals surface area contributed by atoms with E-state index in [1.165, 1.54) is 18.6 Å². The Morgan fingerprint density at radius 3 is 2.52 bits per heavy atom. The lowest BCUT2D eigenvalue weighted by molar-refractivity contribution is -0.136. The first kappa shape index (κ1) is 21.4. The lowest BCUT2D eigenvalue weighted by Gasteiger charge is -2.23. The van der Waals surface area contributed by atoms with Crippen LogP contribution in [0.25, 0.3) is 11.3 Å². The lowest BCUT2D eigenvalue weighted by Crippen LogP contribution is -2.23. The van der Waals surface area contributed by atoms with E-state index in [1.807, 2.05) is 6.07 Å². The molecule has 1 aliphatic carbocycles. The molecular formula is C22H21ClF3N5. The molecule has 0 amide bonds. The molecule has 2 N–H and O–H groups in total. The molecule has 3 aromatic rings. The van der Waals surface area contributed by atoms with E-state index in [0.717, 1.165) is 37.3 Å². The minimum absolute atomic E-state index is 0.0434. The smallest absolute Gasteiger partial charge is 0.351 e. The van der Waals surface area contributed by atoms with Crippen LogP contribution in [0.5, 0.6) is 0 Å². The molecule has 31 heavy (non-hydrogen) atoms. The van der Waals surface area contributed by atoms with Crippen molar-refractivity contribution in [3.8, 4) is 11.3 Å². The van der Waals surface area contributed by atoms with E-state index >= 15 is 0 Å². The highest BCUT2D eigenvalue weighted by atomic mass is 35.5. The first-order chi connectivity index (χ1) is 14.9. The van der Waals surface area contributed by atoms with Crippen LogP contribution in [0.4, 0.5) is 30.6 Å². The van der Waals surface area contributed by atoms with Gasteiger partial charge in [-0.1, -0.05) is 36.9 Å². The number of hydrogen-bond donors (Lipinski definition) is 2. The summed E-state index contributed by atoms with van der Waals surface area (Å²) >= 11 is 6.11. The van der Waals surface area contributed by atoms with E-state index in [0.29, 0.717) is 11.6 Å². The Hall–Kier alpha value is -2.87. The van der Waals surface area contributed by atoms with Crippen molar-refractivity contribution in [2.75, 3.05) is 10.6 Å². The quantitative estimate of drug-likeness (QED) is 0.455. The molecule has 0 radical (unpaired) electrons. The molecule has 0 aliphatic heterocycles. The molecule has 0 saturated heterocycles. The van der Waals surface area contributed by atoms with Crippen LogP contribution in [0.2, 0.25) is 5.02 Å². The van der Waals surface area contributed by atoms with E-state index in [2.05, 4.69) is 25.6 Å². The molecule has 1 fully saturated rings. The zero-order valence-electron chi connectivity index (χ0n) is 16.6. The number of nitrogens with one attached hydrogen (secondary N) is 2. The van der Waals surface area contributed by atoms with Crippen LogP contribution in [0, 0.1) is 0 Å². The summed E-state index contributed by atoms with van der Waals surface area (Å²) in [5.74, 6) is 0.571. The van der Waals surface area contributed by atoms with E-state index < -0.39 is 11.7 Å². The molecule has 1 saturated carbocycles. The van der Waals surface area contributed by atoms with Gasteiger partial charge in [0.1, 0.15) is 5.82 Å². The summed E-state index contributed by atoms with van der Waals surface area (Å²) in [5, 5.41) is 6.07. The maximum absolute atomic E-state index is 13.5. The maximum Gasteiger partial charge on any atom is 0.418 e. The number of aromatic nitrogens is 3. The molecule has 9 heteroatoms. The minimum atomic E-state index is -4.56. The molecule has 2 heterocycles. The summed E-state index contributed by atoms with van der Waals surface area (Å²) < 4.78 is 40.5. The Kier molecular flexibility index (Phi) is 6.27. The molecule has 0 unspecified atom stereocenters. The summed E-state index contributed by atoms with van der Waals surface area (Å²) in [7, 11) is 0. The topological polar surface area (TPSA) is 62.7 Å². The van der Waals surface area contributed by atoms with E-state index in [9.17, 15) is 13.2 Å². The fourth-order valence-corrected chi connectivity index (χ4v) is 3.90. The Labute approximate surface area is 183 Å². The summed E-state index contributed by atoms with van der Waals surface area (Å²) in [6, 6.07) is 9.09. The van der Waals surface area contributed by atoms with Gasteiger partial charge in [0.05, 0.1) is 22.0 Å². The molecule has 0 atom stereocenters. The van der Waals surface area contributed by atoms with Gasteiger partial charge in [-0.15, -0.1) is 0 Å². The van der Waals surface area contributed by atoms with Gasteiger partial charge in [0.15, 0.2) is 0 Å². The van der Waals surface area contributed by atoms with Gasteiger partial charge in [0.25, 0.3) is 0 Å². The summed E-state index contributed by atoms with van der Waals surface area (Å²) in [6.07, 6.45) is 4.19. The van der Waals surface area contributed by atoms with Crippen molar-refractivity contribution in [1.82, 2.24) is 15.0 Å². The van der Waals surface area contributed by atoms with Crippen molar-refractivity contribution < 1.29 is 13.2 Å². The van der Waals surface area contributed by atoms with Gasteiger partial charge in [-0.05, 0) is 37.1 Å². The number of halogens is 4. The zero-order valence-corrected chi connectivity index (χ0v) is 17.3. The molecule has 2 aromatic heterocycles. The molecule has 1 aromatic carbocycles. The fourth-order valence-electron chi connectivity index (χ4n) is 3.68. The molecule has 0 spiro atoms. The predicted octanol–water partition coefficient (Wildman–Crippen LogP) is 6.70. The van der Waals surface area contributed by atoms with Gasteiger partial charge in [0.2, 0.25) is 5.95 Å². The Morgan fingerprint density at radius 1 is 1.00 bits per heavy atom. The average Bonchev–Trinajstić information content (AvgIpc) is 2.75. The molecule has 0 bridgehead atoms. The standard InChI is InChI=1S/C22H21ClF3N5/c23-17-10-4-9-16(22(24,25)26)20(17)30-19-12-18(14-6-5-11-27-13-14)29-21(31-19)28-15-7-2-1-3-8-15/h4-6,9-13,15H,1-3,7-8H2,(H2,28,29,30,31). The van der Waals surface area contributed by atoms with Gasteiger partial charge < -0.3 is 10.6 Å². The second-order valence-electron chi connectivity index (χ2n) is 7.47. The molecule has 4 rings (SSSR count). The summed E-state index contributed by atoms with van der Waals surface area (Å²) in [5.41, 5.74) is 0.179. The highest BCUT2D eigenvalue weighted by molar-refractivity contribution is 6.33. The largest absolute Gasteiger partial charge is 0.418 e. The first-order valence-corrected chi connectivity index (χ1v) is 10.5. The molecule has 162 valence electrons. The third-order valence-corrected chi connectivity index (χ3v) is 5.51. The van der Waals surface area contributed by atoms with Crippen LogP contribution in [0.15, 0.2) is 48.8 Å². The van der Waals surface area contributed by atoms with Gasteiger partial charge in [0, 0.05) is 30.1 Å². The predicted molar refractivity (Wildman–Crippen MR) is 115 cm³/mol. The van der Waals surface area contributed by atoms with E-state index in [1.54, 1.807) is 24.5 Å². The van der Waals surface area contributed by atoms with Crippen molar-refractivity contribution in [3.05, 3.63) is 59.4 Å². The normalized spacial score (nSPS) is 15.0. The SMILES string of the molecule is FC(F)(F)c1cccc(Cl)c1Nc1cc(-c2cccnc2)nc(NC2CCCCC2)n1. The summed E-state index contributed by atoms with van der Waals surface area (Å²) in [4.78, 5) is 13.1. The Bertz CT molecular complexity index is 1040. The Morgan fingerprint density at radius 2 is 1.81 bits per heavy atom. The van der Waals surface area contributed by atoms with Gasteiger partial charge in [-0.2, -0.15) is 18.2 Å². The zero-order chi connectivity index (χ0) is 21.8. The number of anilines is 3.